The minimum absolute atomic E-state index is 0.0177. The van der Waals surface area contributed by atoms with Gasteiger partial charge in [0, 0.05) is 39.8 Å². The molecule has 4 aromatic rings. The molecule has 1 aliphatic heterocycles. The fourth-order valence-corrected chi connectivity index (χ4v) is 5.93. The highest BCUT2D eigenvalue weighted by molar-refractivity contribution is 7.29. The van der Waals surface area contributed by atoms with E-state index in [0.29, 0.717) is 34.1 Å². The summed E-state index contributed by atoms with van der Waals surface area (Å²) in [4.78, 5) is 39.2. The Kier molecular flexibility index (Phi) is 4.90. The van der Waals surface area contributed by atoms with Gasteiger partial charge in [-0.25, -0.2) is 9.97 Å². The first-order chi connectivity index (χ1) is 14.9. The zero-order chi connectivity index (χ0) is 21.7. The summed E-state index contributed by atoms with van der Waals surface area (Å²) in [7, 11) is 3.59. The molecule has 1 aromatic carbocycles. The van der Waals surface area contributed by atoms with Crippen molar-refractivity contribution in [2.24, 2.45) is 5.92 Å². The Morgan fingerprint density at radius 1 is 1.23 bits per heavy atom. The summed E-state index contributed by atoms with van der Waals surface area (Å²) in [5.74, 6) is 0.603. The highest BCUT2D eigenvalue weighted by Gasteiger charge is 2.31. The number of carbonyl (C=O) groups excluding carboxylic acids is 2. The molecule has 0 spiro atoms. The number of aromatic nitrogens is 2. The van der Waals surface area contributed by atoms with Crippen molar-refractivity contribution in [1.82, 2.24) is 14.9 Å². The number of nitrogens with zero attached hydrogens (tertiary/aromatic N) is 4. The van der Waals surface area contributed by atoms with Gasteiger partial charge in [-0.05, 0) is 30.7 Å². The molecule has 1 fully saturated rings. The van der Waals surface area contributed by atoms with Crippen LogP contribution in [-0.4, -0.2) is 53.9 Å². The largest absolute Gasteiger partial charge is 0.441 e. The summed E-state index contributed by atoms with van der Waals surface area (Å²) in [5, 5.41) is 3.83. The van der Waals surface area contributed by atoms with Gasteiger partial charge in [0.25, 0.3) is 5.91 Å². The predicted octanol–water partition coefficient (Wildman–Crippen LogP) is 3.97. The van der Waals surface area contributed by atoms with Crippen LogP contribution in [0.15, 0.2) is 28.7 Å². The molecule has 10 heteroatoms. The molecule has 0 saturated carbocycles. The van der Waals surface area contributed by atoms with Gasteiger partial charge >= 0.3 is 0 Å². The second-order valence-electron chi connectivity index (χ2n) is 7.81. The molecule has 31 heavy (non-hydrogen) atoms. The lowest BCUT2D eigenvalue weighted by Gasteiger charge is -2.17. The third kappa shape index (κ3) is 3.77. The van der Waals surface area contributed by atoms with Crippen molar-refractivity contribution in [2.75, 3.05) is 37.4 Å². The van der Waals surface area contributed by atoms with E-state index in [1.54, 1.807) is 55.5 Å². The Hall–Kier alpha value is -2.98. The van der Waals surface area contributed by atoms with Crippen molar-refractivity contribution in [3.8, 4) is 0 Å². The van der Waals surface area contributed by atoms with Gasteiger partial charge in [0.2, 0.25) is 5.91 Å². The van der Waals surface area contributed by atoms with E-state index in [-0.39, 0.29) is 17.7 Å². The van der Waals surface area contributed by atoms with Crippen LogP contribution >= 0.6 is 22.7 Å². The molecule has 1 N–H and O–H groups in total. The molecule has 0 unspecified atom stereocenters. The van der Waals surface area contributed by atoms with Crippen LogP contribution in [-0.2, 0) is 4.79 Å². The van der Waals surface area contributed by atoms with E-state index in [0.717, 1.165) is 27.6 Å². The molecule has 0 bridgehead atoms. The van der Waals surface area contributed by atoms with E-state index in [9.17, 15) is 9.59 Å². The summed E-state index contributed by atoms with van der Waals surface area (Å²) < 4.78 is 6.45. The van der Waals surface area contributed by atoms with E-state index in [1.807, 2.05) is 6.07 Å². The smallest absolute Gasteiger partial charge is 0.265 e. The number of rotatable bonds is 4. The maximum absolute atomic E-state index is 12.7. The zero-order valence-electron chi connectivity index (χ0n) is 17.3. The second kappa shape index (κ2) is 7.61. The fourth-order valence-electron chi connectivity index (χ4n) is 3.78. The lowest BCUT2D eigenvalue weighted by molar-refractivity contribution is -0.132. The first kappa shape index (κ1) is 20.0. The lowest BCUT2D eigenvalue weighted by atomic mass is 10.1. The molecule has 0 radical (unpaired) electrons. The zero-order valence-corrected chi connectivity index (χ0v) is 19.0. The van der Waals surface area contributed by atoms with Crippen LogP contribution in [0.25, 0.3) is 20.6 Å². The molecular weight excluding hydrogens is 434 g/mol. The summed E-state index contributed by atoms with van der Waals surface area (Å²) in [6, 6.07) is 7.29. The average Bonchev–Trinajstić information content (AvgIpc) is 3.48. The molecule has 1 aliphatic rings. The van der Waals surface area contributed by atoms with E-state index in [4.69, 9.17) is 9.40 Å². The van der Waals surface area contributed by atoms with Crippen LogP contribution in [0.5, 0.6) is 0 Å². The third-order valence-electron chi connectivity index (χ3n) is 5.30. The predicted molar refractivity (Wildman–Crippen MR) is 123 cm³/mol. The fraction of sp³-hybridized carbons (Fsp3) is 0.333. The minimum Gasteiger partial charge on any atom is -0.441 e. The number of fused-ring (bicyclic) bond motifs is 2. The third-order valence-corrected chi connectivity index (χ3v) is 7.52. The van der Waals surface area contributed by atoms with Crippen molar-refractivity contribution in [2.45, 2.75) is 13.3 Å². The van der Waals surface area contributed by atoms with E-state index in [1.165, 1.54) is 11.3 Å². The normalized spacial score (nSPS) is 16.4. The van der Waals surface area contributed by atoms with Crippen LogP contribution in [0.4, 0.5) is 10.8 Å². The number of thiazole rings is 1. The SMILES string of the molecule is Cc1nc2cc(NC(=O)c3cc4sc(N5CC[C@H](C(=O)N(C)C)C5)nc4s3)ccc2o1. The van der Waals surface area contributed by atoms with Crippen molar-refractivity contribution in [1.29, 1.82) is 0 Å². The first-order valence-corrected chi connectivity index (χ1v) is 11.6. The summed E-state index contributed by atoms with van der Waals surface area (Å²) >= 11 is 2.94. The number of hydrogen-bond acceptors (Lipinski definition) is 8. The van der Waals surface area contributed by atoms with Crippen molar-refractivity contribution >= 4 is 65.9 Å². The van der Waals surface area contributed by atoms with Crippen molar-refractivity contribution in [3.63, 3.8) is 0 Å². The van der Waals surface area contributed by atoms with Gasteiger partial charge in [-0.3, -0.25) is 9.59 Å². The number of benzene rings is 1. The van der Waals surface area contributed by atoms with Crippen LogP contribution in [0.3, 0.4) is 0 Å². The molecule has 0 aliphatic carbocycles. The van der Waals surface area contributed by atoms with E-state index in [2.05, 4.69) is 15.2 Å². The Bertz CT molecular complexity index is 1270. The topological polar surface area (TPSA) is 91.6 Å². The Labute approximate surface area is 186 Å². The second-order valence-corrected chi connectivity index (χ2v) is 9.85. The van der Waals surface area contributed by atoms with Crippen molar-refractivity contribution < 1.29 is 14.0 Å². The van der Waals surface area contributed by atoms with Crippen LogP contribution < -0.4 is 10.2 Å². The van der Waals surface area contributed by atoms with Gasteiger partial charge in [0.1, 0.15) is 10.3 Å². The highest BCUT2D eigenvalue weighted by atomic mass is 32.1. The van der Waals surface area contributed by atoms with E-state index >= 15 is 0 Å². The Balaban J connectivity index is 1.30. The van der Waals surface area contributed by atoms with Gasteiger partial charge in [0.15, 0.2) is 16.6 Å². The monoisotopic (exact) mass is 455 g/mol. The maximum Gasteiger partial charge on any atom is 0.265 e. The molecule has 5 rings (SSSR count). The highest BCUT2D eigenvalue weighted by Crippen LogP contribution is 2.37. The number of amides is 2. The molecule has 4 heterocycles. The molecule has 160 valence electrons. The summed E-state index contributed by atoms with van der Waals surface area (Å²) in [5.41, 5.74) is 2.08. The molecule has 2 amide bonds. The number of hydrogen-bond donors (Lipinski definition) is 1. The standard InChI is InChI=1S/C21H21N5O3S2/c1-11-22-14-8-13(4-5-15(14)29-11)23-18(27)16-9-17-19(30-16)24-21(31-17)26-7-6-12(10-26)20(28)25(2)3/h4-5,8-9,12H,6-7,10H2,1-3H3,(H,23,27)/t12-/m0/s1. The summed E-state index contributed by atoms with van der Waals surface area (Å²) in [6.07, 6.45) is 0.841. The quantitative estimate of drug-likeness (QED) is 0.501. The summed E-state index contributed by atoms with van der Waals surface area (Å²) in [6.45, 7) is 3.30. The van der Waals surface area contributed by atoms with Crippen molar-refractivity contribution in [3.05, 3.63) is 35.0 Å². The lowest BCUT2D eigenvalue weighted by Crippen LogP contribution is -2.31. The van der Waals surface area contributed by atoms with Crippen LogP contribution in [0, 0.1) is 12.8 Å². The van der Waals surface area contributed by atoms with Gasteiger partial charge in [-0.15, -0.1) is 11.3 Å². The Morgan fingerprint density at radius 2 is 2.06 bits per heavy atom. The molecule has 1 atom stereocenters. The van der Waals surface area contributed by atoms with E-state index < -0.39 is 0 Å². The minimum atomic E-state index is -0.172. The molecule has 8 nitrogen and oxygen atoms in total. The molecule has 1 saturated heterocycles. The number of oxazole rings is 1. The average molecular weight is 456 g/mol. The number of thiophene rings is 1. The van der Waals surface area contributed by atoms with Gasteiger partial charge in [-0.2, -0.15) is 0 Å². The Morgan fingerprint density at radius 3 is 2.84 bits per heavy atom. The number of aryl methyl sites for hydroxylation is 1. The van der Waals surface area contributed by atoms with Gasteiger partial charge in [0.05, 0.1) is 15.5 Å². The van der Waals surface area contributed by atoms with Gasteiger partial charge in [-0.1, -0.05) is 11.3 Å². The number of anilines is 2. The number of nitrogens with one attached hydrogen (secondary N) is 1. The molecular formula is C21H21N5O3S2. The number of carbonyl (C=O) groups is 2. The first-order valence-electron chi connectivity index (χ1n) is 9.92. The van der Waals surface area contributed by atoms with Crippen LogP contribution in [0.2, 0.25) is 0 Å². The van der Waals surface area contributed by atoms with Gasteiger partial charge < -0.3 is 19.5 Å². The molecule has 3 aromatic heterocycles. The van der Waals surface area contributed by atoms with Crippen LogP contribution in [0.1, 0.15) is 22.0 Å². The maximum atomic E-state index is 12.7.